The van der Waals surface area contributed by atoms with Crippen LogP contribution in [0, 0.1) is 10.1 Å². The predicted octanol–water partition coefficient (Wildman–Crippen LogP) is 5.21. The number of nitro groups is 1. The number of rotatable bonds is 12. The van der Waals surface area contributed by atoms with Crippen LogP contribution in [0.25, 0.3) is 5.52 Å². The lowest BCUT2D eigenvalue weighted by atomic mass is 10.1. The van der Waals surface area contributed by atoms with Gasteiger partial charge >= 0.3 is 5.82 Å². The highest BCUT2D eigenvalue weighted by atomic mass is 35.5. The van der Waals surface area contributed by atoms with E-state index in [9.17, 15) is 14.9 Å². The van der Waals surface area contributed by atoms with Crippen LogP contribution >= 0.6 is 11.6 Å². The Morgan fingerprint density at radius 2 is 1.67 bits per heavy atom. The van der Waals surface area contributed by atoms with Crippen molar-refractivity contribution >= 4 is 47.3 Å². The number of anilines is 1. The molecule has 3 aromatic heterocycles. The third-order valence-corrected chi connectivity index (χ3v) is 12.4. The molecule has 2 aromatic carbocycles. The summed E-state index contributed by atoms with van der Waals surface area (Å²) in [6.07, 6.45) is 7.31. The fourth-order valence-electron chi connectivity index (χ4n) is 5.19. The molecule has 13 heteroatoms. The molecule has 0 saturated carbocycles. The van der Waals surface area contributed by atoms with Crippen molar-refractivity contribution in [2.45, 2.75) is 31.7 Å². The zero-order chi connectivity index (χ0) is 30.6. The quantitative estimate of drug-likeness (QED) is 0.0835. The molecule has 222 valence electrons. The van der Waals surface area contributed by atoms with Gasteiger partial charge in [0.25, 0.3) is 8.32 Å². The molecule has 0 fully saturated rings. The van der Waals surface area contributed by atoms with E-state index in [1.165, 1.54) is 19.4 Å². The zero-order valence-electron chi connectivity index (χ0n) is 23.9. The van der Waals surface area contributed by atoms with Crippen molar-refractivity contribution < 1.29 is 19.2 Å². The highest BCUT2D eigenvalue weighted by Crippen LogP contribution is 2.41. The fraction of sp³-hybridized carbons (Fsp3) is 0.233. The molecular formula is C30H31ClN6O5Si. The van der Waals surface area contributed by atoms with Crippen LogP contribution in [-0.2, 0) is 0 Å². The molecule has 0 aliphatic rings. The van der Waals surface area contributed by atoms with Crippen LogP contribution in [0.1, 0.15) is 26.7 Å². The molecule has 0 amide bonds. The van der Waals surface area contributed by atoms with E-state index in [4.69, 9.17) is 21.1 Å². The maximum atomic E-state index is 12.3. The number of nitrogens with one attached hydrogen (secondary N) is 1. The summed E-state index contributed by atoms with van der Waals surface area (Å²) in [5.41, 5.74) is 0.585. The predicted molar refractivity (Wildman–Crippen MR) is 167 cm³/mol. The smallest absolute Gasteiger partial charge is 0.388 e. The van der Waals surface area contributed by atoms with Crippen LogP contribution in [0.15, 0.2) is 85.5 Å². The summed E-state index contributed by atoms with van der Waals surface area (Å²) in [6.45, 7) is 4.65. The Morgan fingerprint density at radius 1 is 1.02 bits per heavy atom. The monoisotopic (exact) mass is 618 g/mol. The number of hydrogen-bond acceptors (Lipinski definition) is 9. The van der Waals surface area contributed by atoms with Crippen molar-refractivity contribution in [2.24, 2.45) is 0 Å². The molecule has 0 saturated heterocycles. The summed E-state index contributed by atoms with van der Waals surface area (Å²) in [5, 5.41) is 19.8. The minimum atomic E-state index is -3.09. The molecule has 0 aliphatic heterocycles. The molecule has 43 heavy (non-hydrogen) atoms. The van der Waals surface area contributed by atoms with Crippen LogP contribution in [0.4, 0.5) is 11.5 Å². The van der Waals surface area contributed by atoms with Gasteiger partial charge in [-0.1, -0.05) is 86.1 Å². The molecule has 5 rings (SSSR count). The Kier molecular flexibility index (Phi) is 8.62. The Balaban J connectivity index is 1.26. The minimum absolute atomic E-state index is 0.0221. The largest absolute Gasteiger partial charge is 0.477 e. The number of ether oxygens (including phenoxy) is 2. The van der Waals surface area contributed by atoms with Gasteiger partial charge in [0.2, 0.25) is 5.88 Å². The third-order valence-electron chi connectivity index (χ3n) is 7.51. The maximum Gasteiger partial charge on any atom is 0.388 e. The van der Waals surface area contributed by atoms with Gasteiger partial charge in [0, 0.05) is 7.05 Å². The number of hydrogen-bond donors (Lipinski definition) is 2. The van der Waals surface area contributed by atoms with Gasteiger partial charge in [-0.2, -0.15) is 5.10 Å². The number of halogens is 1. The molecular weight excluding hydrogens is 588 g/mol. The second-order valence-electron chi connectivity index (χ2n) is 10.6. The van der Waals surface area contributed by atoms with Crippen LogP contribution in [-0.4, -0.2) is 51.3 Å². The Morgan fingerprint density at radius 3 is 2.28 bits per heavy atom. The number of pyridine rings is 1. The lowest BCUT2D eigenvalue weighted by Gasteiger charge is -2.41. The van der Waals surface area contributed by atoms with E-state index in [1.54, 1.807) is 16.9 Å². The zero-order valence-corrected chi connectivity index (χ0v) is 25.7. The van der Waals surface area contributed by atoms with Crippen LogP contribution in [0.5, 0.6) is 17.4 Å². The summed E-state index contributed by atoms with van der Waals surface area (Å²) in [4.78, 5) is 31.2. The van der Waals surface area contributed by atoms with Crippen LogP contribution in [0.2, 0.25) is 10.1 Å². The Labute approximate surface area is 254 Å². The average molecular weight is 619 g/mol. The molecule has 0 aliphatic carbocycles. The number of nitrogens with zero attached hydrogens (tertiary/aromatic N) is 5. The lowest BCUT2D eigenvalue weighted by molar-refractivity contribution is -0.388. The van der Waals surface area contributed by atoms with E-state index < -0.39 is 19.1 Å². The first kappa shape index (κ1) is 30.0. The fourth-order valence-corrected chi connectivity index (χ4v) is 9.24. The van der Waals surface area contributed by atoms with Gasteiger partial charge in [0.1, 0.15) is 10.5 Å². The van der Waals surface area contributed by atoms with Crippen LogP contribution in [0.3, 0.4) is 0 Å². The molecule has 0 spiro atoms. The average Bonchev–Trinajstić information content (AvgIpc) is 3.42. The first-order valence-electron chi connectivity index (χ1n) is 13.6. The highest BCUT2D eigenvalue weighted by molar-refractivity contribution is 6.98. The lowest BCUT2D eigenvalue weighted by Crippen LogP contribution is -2.65. The van der Waals surface area contributed by atoms with E-state index in [0.29, 0.717) is 30.2 Å². The van der Waals surface area contributed by atoms with Crippen molar-refractivity contribution in [1.82, 2.24) is 19.6 Å². The van der Waals surface area contributed by atoms with E-state index in [-0.39, 0.29) is 21.5 Å². The van der Waals surface area contributed by atoms with Gasteiger partial charge < -0.3 is 29.7 Å². The Bertz CT molecular complexity index is 1700. The number of benzene rings is 2. The van der Waals surface area contributed by atoms with E-state index in [0.717, 1.165) is 16.8 Å². The normalized spacial score (nSPS) is 11.8. The highest BCUT2D eigenvalue weighted by Gasteiger charge is 2.49. The summed E-state index contributed by atoms with van der Waals surface area (Å²) < 4.78 is 13.4. The summed E-state index contributed by atoms with van der Waals surface area (Å²) in [5.74, 6) is 0.445. The van der Waals surface area contributed by atoms with Gasteiger partial charge in [-0.05, 0) is 38.2 Å². The van der Waals surface area contributed by atoms with Crippen molar-refractivity contribution in [3.05, 3.63) is 101 Å². The van der Waals surface area contributed by atoms with Crippen molar-refractivity contribution in [1.29, 1.82) is 0 Å². The van der Waals surface area contributed by atoms with E-state index in [2.05, 4.69) is 34.2 Å². The van der Waals surface area contributed by atoms with Crippen molar-refractivity contribution in [3.8, 4) is 17.4 Å². The second-order valence-corrected chi connectivity index (χ2v) is 14.9. The number of aromatic nitrogens is 4. The molecule has 2 N–H and O–H groups in total. The maximum absolute atomic E-state index is 12.3. The number of fused-ring (bicyclic) bond motifs is 1. The topological polar surface area (TPSA) is 137 Å². The van der Waals surface area contributed by atoms with Crippen LogP contribution < -0.4 is 25.2 Å². The summed E-state index contributed by atoms with van der Waals surface area (Å²) in [7, 11) is -1.58. The minimum Gasteiger partial charge on any atom is -0.477 e. The van der Waals surface area contributed by atoms with Crippen molar-refractivity contribution in [2.75, 3.05) is 19.0 Å². The van der Waals surface area contributed by atoms with Gasteiger partial charge in [-0.3, -0.25) is 0 Å². The third kappa shape index (κ3) is 5.89. The first-order chi connectivity index (χ1) is 20.7. The van der Waals surface area contributed by atoms with Gasteiger partial charge in [-0.25, -0.2) is 9.50 Å². The standard InChI is InChI=1S/C30H31ClN6O5Si/c1-30(2,43(40,21-11-6-4-7-12-21)22-13-8-5-9-14-22)15-10-16-41-26-20-36-23(17-33-26)24(19-35-36)42-25-18-34-29(37(38)39)28(32-3)27(25)31/h4-9,11-14,17-20,32,40H,10,15-16H2,1-3H3. The van der Waals surface area contributed by atoms with Gasteiger partial charge in [0.15, 0.2) is 23.4 Å². The molecule has 3 heterocycles. The molecule has 11 nitrogen and oxygen atoms in total. The van der Waals surface area contributed by atoms with Gasteiger partial charge in [-0.15, -0.1) is 0 Å². The molecule has 0 radical (unpaired) electrons. The second kappa shape index (κ2) is 12.4. The SMILES string of the molecule is CNc1c([N+](=O)[O-])ncc(Oc2cnn3cc(OCCCC(C)(C)[Si](O)(c4ccccc4)c4ccccc4)ncc23)c1Cl. The molecule has 0 unspecified atom stereocenters. The molecule has 0 atom stereocenters. The van der Waals surface area contributed by atoms with Crippen molar-refractivity contribution in [3.63, 3.8) is 0 Å². The van der Waals surface area contributed by atoms with Gasteiger partial charge in [0.05, 0.1) is 25.2 Å². The summed E-state index contributed by atoms with van der Waals surface area (Å²) >= 11 is 6.34. The van der Waals surface area contributed by atoms with E-state index in [1.807, 2.05) is 60.7 Å². The molecule has 5 aromatic rings. The summed E-state index contributed by atoms with van der Waals surface area (Å²) in [6, 6.07) is 19.9. The Hall–Kier alpha value is -4.52. The van der Waals surface area contributed by atoms with E-state index >= 15 is 0 Å². The first-order valence-corrected chi connectivity index (χ1v) is 16.0. The molecule has 0 bridgehead atoms.